The standard InChI is InChI=1S/C16H14FNO2S/c1-10(13-6-4-8-20-13)18(2)16(19)15-9-11-12(17)5-3-7-14(11)21-15/h3-10H,1-2H3. The Balaban J connectivity index is 1.91. The molecule has 0 aliphatic carbocycles. The van der Waals surface area contributed by atoms with Crippen molar-refractivity contribution >= 4 is 27.3 Å². The van der Waals surface area contributed by atoms with Gasteiger partial charge in [-0.2, -0.15) is 0 Å². The van der Waals surface area contributed by atoms with E-state index in [0.29, 0.717) is 10.3 Å². The Morgan fingerprint density at radius 3 is 2.81 bits per heavy atom. The molecule has 0 saturated carbocycles. The second-order valence-corrected chi connectivity index (χ2v) is 5.95. The van der Waals surface area contributed by atoms with Gasteiger partial charge in [0.05, 0.1) is 17.2 Å². The maximum absolute atomic E-state index is 13.7. The summed E-state index contributed by atoms with van der Waals surface area (Å²) in [5.74, 6) is 0.280. The van der Waals surface area contributed by atoms with Crippen molar-refractivity contribution in [1.82, 2.24) is 4.90 Å². The summed E-state index contributed by atoms with van der Waals surface area (Å²) in [6.45, 7) is 1.89. The fraction of sp³-hybridized carbons (Fsp3) is 0.188. The number of thiophene rings is 1. The zero-order chi connectivity index (χ0) is 15.0. The molecule has 3 nitrogen and oxygen atoms in total. The fourth-order valence-corrected chi connectivity index (χ4v) is 3.26. The minimum Gasteiger partial charge on any atom is -0.467 e. The molecule has 1 unspecified atom stereocenters. The molecule has 0 aliphatic rings. The smallest absolute Gasteiger partial charge is 0.264 e. The van der Waals surface area contributed by atoms with Gasteiger partial charge in [-0.3, -0.25) is 4.79 Å². The number of amides is 1. The number of halogens is 1. The van der Waals surface area contributed by atoms with E-state index in [1.807, 2.05) is 19.1 Å². The van der Waals surface area contributed by atoms with E-state index in [1.165, 1.54) is 17.4 Å². The summed E-state index contributed by atoms with van der Waals surface area (Å²) in [6, 6.07) is 9.93. The molecule has 0 saturated heterocycles. The van der Waals surface area contributed by atoms with Crippen LogP contribution in [-0.4, -0.2) is 17.9 Å². The predicted molar refractivity (Wildman–Crippen MR) is 81.0 cm³/mol. The van der Waals surface area contributed by atoms with Gasteiger partial charge in [0.2, 0.25) is 0 Å². The molecule has 1 aromatic carbocycles. The Morgan fingerprint density at radius 1 is 1.33 bits per heavy atom. The second kappa shape index (κ2) is 5.33. The van der Waals surface area contributed by atoms with Crippen LogP contribution >= 0.6 is 11.3 Å². The highest BCUT2D eigenvalue weighted by Crippen LogP contribution is 2.30. The van der Waals surface area contributed by atoms with Crippen LogP contribution in [0, 0.1) is 5.82 Å². The van der Waals surface area contributed by atoms with E-state index in [2.05, 4.69) is 0 Å². The highest BCUT2D eigenvalue weighted by atomic mass is 32.1. The van der Waals surface area contributed by atoms with Crippen molar-refractivity contribution in [2.24, 2.45) is 0 Å². The van der Waals surface area contributed by atoms with E-state index in [-0.39, 0.29) is 17.8 Å². The fourth-order valence-electron chi connectivity index (χ4n) is 2.20. The van der Waals surface area contributed by atoms with E-state index < -0.39 is 0 Å². The number of benzene rings is 1. The van der Waals surface area contributed by atoms with Gasteiger partial charge in [0.1, 0.15) is 11.6 Å². The van der Waals surface area contributed by atoms with Gasteiger partial charge in [-0.25, -0.2) is 4.39 Å². The highest BCUT2D eigenvalue weighted by Gasteiger charge is 2.22. The molecule has 1 amide bonds. The van der Waals surface area contributed by atoms with Gasteiger partial charge in [0.25, 0.3) is 5.91 Å². The molecule has 2 heterocycles. The van der Waals surface area contributed by atoms with E-state index in [0.717, 1.165) is 10.5 Å². The van der Waals surface area contributed by atoms with Crippen LogP contribution in [0.25, 0.3) is 10.1 Å². The summed E-state index contributed by atoms with van der Waals surface area (Å²) in [5, 5.41) is 0.491. The molecular formula is C16H14FNO2S. The van der Waals surface area contributed by atoms with Crippen LogP contribution in [0.4, 0.5) is 4.39 Å². The minimum absolute atomic E-state index is 0.139. The van der Waals surface area contributed by atoms with Crippen molar-refractivity contribution in [3.63, 3.8) is 0 Å². The number of rotatable bonds is 3. The van der Waals surface area contributed by atoms with E-state index in [4.69, 9.17) is 4.42 Å². The van der Waals surface area contributed by atoms with Crippen molar-refractivity contribution in [3.8, 4) is 0 Å². The van der Waals surface area contributed by atoms with Gasteiger partial charge < -0.3 is 9.32 Å². The molecule has 5 heteroatoms. The molecular weight excluding hydrogens is 289 g/mol. The average Bonchev–Trinajstić information content (AvgIpc) is 3.14. The first kappa shape index (κ1) is 13.8. The molecule has 2 aromatic heterocycles. The maximum atomic E-state index is 13.7. The summed E-state index contributed by atoms with van der Waals surface area (Å²) < 4.78 is 19.8. The molecule has 0 spiro atoms. The topological polar surface area (TPSA) is 33.5 Å². The molecule has 3 rings (SSSR count). The Labute approximate surface area is 125 Å². The third-order valence-corrected chi connectivity index (χ3v) is 4.66. The number of furan rings is 1. The van der Waals surface area contributed by atoms with Crippen molar-refractivity contribution in [2.75, 3.05) is 7.05 Å². The Bertz CT molecular complexity index is 779. The van der Waals surface area contributed by atoms with Crippen LogP contribution < -0.4 is 0 Å². The van der Waals surface area contributed by atoms with E-state index in [9.17, 15) is 9.18 Å². The Hall–Kier alpha value is -2.14. The molecule has 0 radical (unpaired) electrons. The molecule has 21 heavy (non-hydrogen) atoms. The molecule has 0 bridgehead atoms. The Morgan fingerprint density at radius 2 is 2.14 bits per heavy atom. The van der Waals surface area contributed by atoms with Crippen LogP contribution in [0.5, 0.6) is 0 Å². The van der Waals surface area contributed by atoms with Crippen LogP contribution in [0.2, 0.25) is 0 Å². The first-order chi connectivity index (χ1) is 10.1. The monoisotopic (exact) mass is 303 g/mol. The highest BCUT2D eigenvalue weighted by molar-refractivity contribution is 7.20. The zero-order valence-corrected chi connectivity index (χ0v) is 12.5. The number of carbonyl (C=O) groups excluding carboxylic acids is 1. The zero-order valence-electron chi connectivity index (χ0n) is 11.7. The van der Waals surface area contributed by atoms with Crippen LogP contribution in [0.1, 0.15) is 28.4 Å². The predicted octanol–water partition coefficient (Wildman–Crippen LogP) is 4.47. The number of hydrogen-bond acceptors (Lipinski definition) is 3. The van der Waals surface area contributed by atoms with Crippen LogP contribution in [-0.2, 0) is 0 Å². The first-order valence-corrected chi connectivity index (χ1v) is 7.38. The lowest BCUT2D eigenvalue weighted by molar-refractivity contribution is 0.0731. The number of nitrogens with zero attached hydrogens (tertiary/aromatic N) is 1. The van der Waals surface area contributed by atoms with Gasteiger partial charge in [-0.1, -0.05) is 6.07 Å². The van der Waals surface area contributed by atoms with Crippen molar-refractivity contribution in [3.05, 3.63) is 59.1 Å². The van der Waals surface area contributed by atoms with Gasteiger partial charge in [0, 0.05) is 17.1 Å². The lowest BCUT2D eigenvalue weighted by Crippen LogP contribution is -2.28. The van der Waals surface area contributed by atoms with Crippen molar-refractivity contribution < 1.29 is 13.6 Å². The minimum atomic E-state index is -0.301. The molecule has 1 atom stereocenters. The summed E-state index contributed by atoms with van der Waals surface area (Å²) in [5.41, 5.74) is 0. The van der Waals surface area contributed by atoms with E-state index >= 15 is 0 Å². The number of fused-ring (bicyclic) bond motifs is 1. The van der Waals surface area contributed by atoms with Crippen LogP contribution in [0.15, 0.2) is 47.1 Å². The summed E-state index contributed by atoms with van der Waals surface area (Å²) >= 11 is 1.30. The lowest BCUT2D eigenvalue weighted by Gasteiger charge is -2.22. The van der Waals surface area contributed by atoms with Gasteiger partial charge in [-0.15, -0.1) is 11.3 Å². The van der Waals surface area contributed by atoms with Gasteiger partial charge in [0.15, 0.2) is 0 Å². The van der Waals surface area contributed by atoms with Gasteiger partial charge >= 0.3 is 0 Å². The summed E-state index contributed by atoms with van der Waals surface area (Å²) in [4.78, 5) is 14.7. The summed E-state index contributed by atoms with van der Waals surface area (Å²) in [7, 11) is 1.72. The quantitative estimate of drug-likeness (QED) is 0.715. The molecule has 0 N–H and O–H groups in total. The Kier molecular flexibility index (Phi) is 3.51. The summed E-state index contributed by atoms with van der Waals surface area (Å²) in [6.07, 6.45) is 1.58. The first-order valence-electron chi connectivity index (χ1n) is 6.56. The molecule has 108 valence electrons. The normalized spacial score (nSPS) is 12.5. The third-order valence-electron chi connectivity index (χ3n) is 3.58. The average molecular weight is 303 g/mol. The van der Waals surface area contributed by atoms with Gasteiger partial charge in [-0.05, 0) is 37.3 Å². The molecule has 0 fully saturated rings. The lowest BCUT2D eigenvalue weighted by atomic mass is 10.2. The number of hydrogen-bond donors (Lipinski definition) is 0. The van der Waals surface area contributed by atoms with Crippen molar-refractivity contribution in [1.29, 1.82) is 0 Å². The third kappa shape index (κ3) is 2.45. The largest absolute Gasteiger partial charge is 0.467 e. The maximum Gasteiger partial charge on any atom is 0.264 e. The SMILES string of the molecule is CC(c1ccco1)N(C)C(=O)c1cc2c(F)cccc2s1. The van der Waals surface area contributed by atoms with E-state index in [1.54, 1.807) is 36.4 Å². The number of carbonyl (C=O) groups is 1. The molecule has 0 aliphatic heterocycles. The van der Waals surface area contributed by atoms with Crippen molar-refractivity contribution in [2.45, 2.75) is 13.0 Å². The van der Waals surface area contributed by atoms with Crippen LogP contribution in [0.3, 0.4) is 0 Å². The molecule has 3 aromatic rings. The second-order valence-electron chi connectivity index (χ2n) is 4.87.